The van der Waals surface area contributed by atoms with Gasteiger partial charge in [0.15, 0.2) is 11.6 Å². The predicted octanol–water partition coefficient (Wildman–Crippen LogP) is 6.67. The Labute approximate surface area is 164 Å². The molecule has 3 nitrogen and oxygen atoms in total. The van der Waals surface area contributed by atoms with E-state index in [1.54, 1.807) is 0 Å². The van der Waals surface area contributed by atoms with Crippen molar-refractivity contribution in [2.75, 3.05) is 0 Å². The van der Waals surface area contributed by atoms with Crippen LogP contribution in [0, 0.1) is 5.92 Å². The average molecular weight is 367 g/mol. The van der Waals surface area contributed by atoms with Gasteiger partial charge in [0, 0.05) is 29.4 Å². The first kappa shape index (κ1) is 21.3. The first-order chi connectivity index (χ1) is 13.2. The van der Waals surface area contributed by atoms with Crippen LogP contribution in [0.25, 0.3) is 11.4 Å². The van der Waals surface area contributed by atoms with Crippen LogP contribution in [0.4, 0.5) is 0 Å². The van der Waals surface area contributed by atoms with Gasteiger partial charge in [-0.3, -0.25) is 4.79 Å². The minimum Gasteiger partial charge on any atom is -0.294 e. The summed E-state index contributed by atoms with van der Waals surface area (Å²) in [5.74, 6) is 1.62. The Morgan fingerprint density at radius 2 is 1.85 bits per heavy atom. The standard InChI is InChI=1S/C24H34N2O/c1-4-6-7-13-20-17-18-25-24(26-20)22-15-10-9-14-21(22)23(27)16-11-8-12-19(3)5-2/h9-10,14-15,17-19H,4-8,11-13,16H2,1-3H3. The van der Waals surface area contributed by atoms with Crippen molar-refractivity contribution in [3.8, 4) is 11.4 Å². The highest BCUT2D eigenvalue weighted by Gasteiger charge is 2.14. The SMILES string of the molecule is CCCCCc1ccnc(-c2ccccc2C(=O)CCCCC(C)CC)n1. The lowest BCUT2D eigenvalue weighted by Gasteiger charge is -2.10. The van der Waals surface area contributed by atoms with Gasteiger partial charge in [-0.1, -0.05) is 77.1 Å². The number of rotatable bonds is 12. The smallest absolute Gasteiger partial charge is 0.163 e. The molecule has 1 aromatic heterocycles. The highest BCUT2D eigenvalue weighted by Crippen LogP contribution is 2.23. The fraction of sp³-hybridized carbons (Fsp3) is 0.542. The van der Waals surface area contributed by atoms with Crippen molar-refractivity contribution in [1.82, 2.24) is 9.97 Å². The number of ketones is 1. The van der Waals surface area contributed by atoms with Crippen LogP contribution >= 0.6 is 0 Å². The molecule has 0 aliphatic heterocycles. The monoisotopic (exact) mass is 366 g/mol. The van der Waals surface area contributed by atoms with Crippen molar-refractivity contribution in [3.63, 3.8) is 0 Å². The number of aryl methyl sites for hydroxylation is 1. The number of hydrogen-bond acceptors (Lipinski definition) is 3. The summed E-state index contributed by atoms with van der Waals surface area (Å²) < 4.78 is 0. The summed E-state index contributed by atoms with van der Waals surface area (Å²) in [6.07, 6.45) is 11.4. The molecule has 2 rings (SSSR count). The minimum atomic E-state index is 0.203. The molecule has 2 aromatic rings. The van der Waals surface area contributed by atoms with E-state index in [9.17, 15) is 4.79 Å². The molecule has 0 bridgehead atoms. The van der Waals surface area contributed by atoms with E-state index in [1.807, 2.05) is 36.5 Å². The van der Waals surface area contributed by atoms with Crippen molar-refractivity contribution in [2.24, 2.45) is 5.92 Å². The number of hydrogen-bond donors (Lipinski definition) is 0. The molecule has 1 heterocycles. The van der Waals surface area contributed by atoms with Gasteiger partial charge in [-0.2, -0.15) is 0 Å². The normalized spacial score (nSPS) is 12.1. The third-order valence-corrected chi connectivity index (χ3v) is 5.27. The van der Waals surface area contributed by atoms with Gasteiger partial charge in [-0.05, 0) is 31.2 Å². The third kappa shape index (κ3) is 6.89. The molecule has 1 atom stereocenters. The second-order valence-electron chi connectivity index (χ2n) is 7.56. The highest BCUT2D eigenvalue weighted by atomic mass is 16.1. The largest absolute Gasteiger partial charge is 0.294 e. The molecule has 0 N–H and O–H groups in total. The molecular formula is C24H34N2O. The maximum atomic E-state index is 12.8. The van der Waals surface area contributed by atoms with Gasteiger partial charge in [0.25, 0.3) is 0 Å². The van der Waals surface area contributed by atoms with Crippen LogP contribution in [0.1, 0.15) is 88.2 Å². The summed E-state index contributed by atoms with van der Waals surface area (Å²) in [6, 6.07) is 9.76. The second-order valence-corrected chi connectivity index (χ2v) is 7.56. The number of benzene rings is 1. The number of nitrogens with zero attached hydrogens (tertiary/aromatic N) is 2. The molecule has 0 aliphatic rings. The van der Waals surface area contributed by atoms with Gasteiger partial charge in [-0.25, -0.2) is 9.97 Å². The van der Waals surface area contributed by atoms with E-state index in [1.165, 1.54) is 25.7 Å². The molecule has 0 spiro atoms. The van der Waals surface area contributed by atoms with Gasteiger partial charge in [0.05, 0.1) is 0 Å². The molecule has 1 aromatic carbocycles. The number of unbranched alkanes of at least 4 members (excludes halogenated alkanes) is 3. The summed E-state index contributed by atoms with van der Waals surface area (Å²) >= 11 is 0. The van der Waals surface area contributed by atoms with Crippen LogP contribution in [0.3, 0.4) is 0 Å². The lowest BCUT2D eigenvalue weighted by Crippen LogP contribution is -2.04. The van der Waals surface area contributed by atoms with E-state index in [4.69, 9.17) is 4.98 Å². The third-order valence-electron chi connectivity index (χ3n) is 5.27. The highest BCUT2D eigenvalue weighted by molar-refractivity contribution is 6.01. The number of carbonyl (C=O) groups is 1. The van der Waals surface area contributed by atoms with E-state index in [0.717, 1.165) is 48.4 Å². The van der Waals surface area contributed by atoms with Crippen LogP contribution in [0.2, 0.25) is 0 Å². The average Bonchev–Trinajstić information content (AvgIpc) is 2.71. The number of Topliss-reactive ketones (excluding diaryl/α,β-unsaturated/α-hetero) is 1. The molecule has 0 radical (unpaired) electrons. The fourth-order valence-corrected chi connectivity index (χ4v) is 3.26. The van der Waals surface area contributed by atoms with Crippen molar-refractivity contribution in [2.45, 2.75) is 78.6 Å². The topological polar surface area (TPSA) is 42.9 Å². The van der Waals surface area contributed by atoms with E-state index >= 15 is 0 Å². The zero-order chi connectivity index (χ0) is 19.5. The maximum Gasteiger partial charge on any atom is 0.163 e. The molecule has 0 aliphatic carbocycles. The molecular weight excluding hydrogens is 332 g/mol. The minimum absolute atomic E-state index is 0.203. The summed E-state index contributed by atoms with van der Waals surface area (Å²) in [6.45, 7) is 6.71. The summed E-state index contributed by atoms with van der Waals surface area (Å²) in [5, 5.41) is 0. The van der Waals surface area contributed by atoms with Gasteiger partial charge < -0.3 is 0 Å². The Balaban J connectivity index is 2.06. The van der Waals surface area contributed by atoms with Crippen molar-refractivity contribution >= 4 is 5.78 Å². The Morgan fingerprint density at radius 1 is 1.04 bits per heavy atom. The lowest BCUT2D eigenvalue weighted by atomic mass is 9.96. The van der Waals surface area contributed by atoms with Crippen LogP contribution in [-0.2, 0) is 6.42 Å². The van der Waals surface area contributed by atoms with Crippen LogP contribution in [0.15, 0.2) is 36.5 Å². The zero-order valence-corrected chi connectivity index (χ0v) is 17.2. The Kier molecular flexibility index (Phi) is 9.17. The molecule has 0 amide bonds. The van der Waals surface area contributed by atoms with Gasteiger partial charge in [0.1, 0.15) is 0 Å². The maximum absolute atomic E-state index is 12.8. The molecule has 27 heavy (non-hydrogen) atoms. The predicted molar refractivity (Wildman–Crippen MR) is 113 cm³/mol. The summed E-state index contributed by atoms with van der Waals surface area (Å²) in [5.41, 5.74) is 2.68. The quantitative estimate of drug-likeness (QED) is 0.311. The van der Waals surface area contributed by atoms with Crippen LogP contribution in [-0.4, -0.2) is 15.8 Å². The Bertz CT molecular complexity index is 711. The zero-order valence-electron chi connectivity index (χ0n) is 17.2. The van der Waals surface area contributed by atoms with E-state index in [0.29, 0.717) is 12.2 Å². The first-order valence-electron chi connectivity index (χ1n) is 10.6. The second kappa shape index (κ2) is 11.6. The molecule has 146 valence electrons. The van der Waals surface area contributed by atoms with Crippen LogP contribution in [0.5, 0.6) is 0 Å². The number of carbonyl (C=O) groups excluding carboxylic acids is 1. The molecule has 1 unspecified atom stereocenters. The Hall–Kier alpha value is -2.03. The molecule has 0 saturated heterocycles. The molecule has 0 saturated carbocycles. The molecule has 0 fully saturated rings. The van der Waals surface area contributed by atoms with Gasteiger partial charge in [-0.15, -0.1) is 0 Å². The fourth-order valence-electron chi connectivity index (χ4n) is 3.26. The van der Waals surface area contributed by atoms with Crippen LogP contribution < -0.4 is 0 Å². The Morgan fingerprint density at radius 3 is 2.63 bits per heavy atom. The summed E-state index contributed by atoms with van der Waals surface area (Å²) in [4.78, 5) is 22.0. The summed E-state index contributed by atoms with van der Waals surface area (Å²) in [7, 11) is 0. The first-order valence-corrected chi connectivity index (χ1v) is 10.6. The van der Waals surface area contributed by atoms with E-state index < -0.39 is 0 Å². The van der Waals surface area contributed by atoms with E-state index in [-0.39, 0.29) is 5.78 Å². The van der Waals surface area contributed by atoms with Gasteiger partial charge in [0.2, 0.25) is 0 Å². The van der Waals surface area contributed by atoms with Crippen molar-refractivity contribution < 1.29 is 4.79 Å². The van der Waals surface area contributed by atoms with E-state index in [2.05, 4.69) is 25.8 Å². The molecule has 3 heteroatoms. The lowest BCUT2D eigenvalue weighted by molar-refractivity contribution is 0.0979. The number of aromatic nitrogens is 2. The van der Waals surface area contributed by atoms with Crippen molar-refractivity contribution in [3.05, 3.63) is 47.8 Å². The van der Waals surface area contributed by atoms with Crippen molar-refractivity contribution in [1.29, 1.82) is 0 Å². The van der Waals surface area contributed by atoms with Gasteiger partial charge >= 0.3 is 0 Å².